The molecule has 1 unspecified atom stereocenters. The average Bonchev–Trinajstić information content (AvgIpc) is 3.28. The van der Waals surface area contributed by atoms with Crippen molar-refractivity contribution in [3.63, 3.8) is 0 Å². The van der Waals surface area contributed by atoms with Gasteiger partial charge in [0.05, 0.1) is 5.41 Å². The van der Waals surface area contributed by atoms with Crippen LogP contribution in [0.5, 0.6) is 0 Å². The smallest absolute Gasteiger partial charge is 0.255 e. The number of pyridine rings is 1. The van der Waals surface area contributed by atoms with Gasteiger partial charge in [-0.15, -0.1) is 11.3 Å². The Kier molecular flexibility index (Phi) is 6.41. The van der Waals surface area contributed by atoms with E-state index in [1.807, 2.05) is 43.5 Å². The highest BCUT2D eigenvalue weighted by atomic mass is 32.1. The van der Waals surface area contributed by atoms with Crippen LogP contribution < -0.4 is 16.4 Å². The zero-order valence-electron chi connectivity index (χ0n) is 16.4. The van der Waals surface area contributed by atoms with E-state index in [-0.39, 0.29) is 17.9 Å². The molecule has 6 nitrogen and oxygen atoms in total. The van der Waals surface area contributed by atoms with Crippen LogP contribution >= 0.6 is 11.3 Å². The maximum absolute atomic E-state index is 12.6. The third-order valence-electron chi connectivity index (χ3n) is 4.73. The lowest BCUT2D eigenvalue weighted by Crippen LogP contribution is -2.42. The van der Waals surface area contributed by atoms with Gasteiger partial charge in [0.2, 0.25) is 5.91 Å². The monoisotopic (exact) mass is 408 g/mol. The number of anilines is 1. The third kappa shape index (κ3) is 5.07. The molecule has 0 aliphatic rings. The van der Waals surface area contributed by atoms with Crippen molar-refractivity contribution in [2.75, 3.05) is 11.9 Å². The Bertz CT molecular complexity index is 954. The number of hydrogen-bond acceptors (Lipinski definition) is 5. The molecule has 2 amide bonds. The van der Waals surface area contributed by atoms with Gasteiger partial charge in [0.25, 0.3) is 5.91 Å². The fourth-order valence-corrected chi connectivity index (χ4v) is 3.66. The average molecular weight is 409 g/mol. The van der Waals surface area contributed by atoms with Crippen LogP contribution in [0.2, 0.25) is 0 Å². The van der Waals surface area contributed by atoms with Crippen molar-refractivity contribution in [2.24, 2.45) is 5.73 Å². The Morgan fingerprint density at radius 2 is 1.79 bits per heavy atom. The number of amides is 2. The minimum absolute atomic E-state index is 0.0660. The van der Waals surface area contributed by atoms with Crippen LogP contribution in [0.1, 0.15) is 40.7 Å². The van der Waals surface area contributed by atoms with Crippen molar-refractivity contribution >= 4 is 28.8 Å². The van der Waals surface area contributed by atoms with Crippen LogP contribution in [0.25, 0.3) is 0 Å². The van der Waals surface area contributed by atoms with Crippen molar-refractivity contribution in [1.82, 2.24) is 10.3 Å². The molecule has 0 radical (unpaired) electrons. The molecular formula is C22H24N4O2S. The van der Waals surface area contributed by atoms with E-state index in [4.69, 9.17) is 5.73 Å². The normalized spacial score (nSPS) is 12.2. The summed E-state index contributed by atoms with van der Waals surface area (Å²) in [5.41, 5.74) is 7.68. The number of carbonyl (C=O) groups is 2. The third-order valence-corrected chi connectivity index (χ3v) is 5.92. The number of thiophene rings is 1. The number of aromatic nitrogens is 1. The van der Waals surface area contributed by atoms with Crippen molar-refractivity contribution in [1.29, 1.82) is 0 Å². The largest absolute Gasteiger partial charge is 0.353 e. The summed E-state index contributed by atoms with van der Waals surface area (Å²) in [6.07, 6.45) is 3.23. The van der Waals surface area contributed by atoms with Crippen molar-refractivity contribution in [3.8, 4) is 0 Å². The van der Waals surface area contributed by atoms with Crippen molar-refractivity contribution in [2.45, 2.75) is 25.3 Å². The van der Waals surface area contributed by atoms with Crippen LogP contribution in [0.4, 0.5) is 5.69 Å². The van der Waals surface area contributed by atoms with Crippen LogP contribution in [-0.4, -0.2) is 23.3 Å². The lowest BCUT2D eigenvalue weighted by atomic mass is 9.90. The Morgan fingerprint density at radius 3 is 2.41 bits per heavy atom. The lowest BCUT2D eigenvalue weighted by molar-refractivity contribution is -0.125. The van der Waals surface area contributed by atoms with E-state index >= 15 is 0 Å². The lowest BCUT2D eigenvalue weighted by Gasteiger charge is -2.23. The highest BCUT2D eigenvalue weighted by Crippen LogP contribution is 2.27. The standard InChI is InChI=1S/C22H24N4O2S/c1-22(2,19-4-3-13-29-19)21(28)25-14-18(23)15-5-7-16(8-6-15)20(27)26-17-9-11-24-12-10-17/h3-13,18H,14,23H2,1-2H3,(H,25,28)(H,24,26,27). The van der Waals surface area contributed by atoms with Crippen LogP contribution in [0.3, 0.4) is 0 Å². The second-order valence-corrected chi connectivity index (χ2v) is 8.18. The fourth-order valence-electron chi connectivity index (χ4n) is 2.81. The summed E-state index contributed by atoms with van der Waals surface area (Å²) in [5, 5.41) is 7.71. The molecule has 3 rings (SSSR count). The molecule has 0 bridgehead atoms. The summed E-state index contributed by atoms with van der Waals surface area (Å²) in [6, 6.07) is 14.0. The molecule has 3 aromatic rings. The number of nitrogens with zero attached hydrogens (tertiary/aromatic N) is 1. The molecule has 0 saturated carbocycles. The van der Waals surface area contributed by atoms with Gasteiger partial charge in [-0.05, 0) is 55.1 Å². The van der Waals surface area contributed by atoms with Crippen LogP contribution in [-0.2, 0) is 10.2 Å². The van der Waals surface area contributed by atoms with E-state index in [2.05, 4.69) is 15.6 Å². The quantitative estimate of drug-likeness (QED) is 0.557. The van der Waals surface area contributed by atoms with Crippen LogP contribution in [0, 0.1) is 0 Å². The van der Waals surface area contributed by atoms with Gasteiger partial charge < -0.3 is 16.4 Å². The highest BCUT2D eigenvalue weighted by molar-refractivity contribution is 7.10. The SMILES string of the molecule is CC(C)(C(=O)NCC(N)c1ccc(C(=O)Nc2ccncc2)cc1)c1cccs1. The van der Waals surface area contributed by atoms with E-state index in [9.17, 15) is 9.59 Å². The maximum atomic E-state index is 12.6. The fraction of sp³-hybridized carbons (Fsp3) is 0.227. The molecule has 0 aliphatic heterocycles. The Hall–Kier alpha value is -3.03. The number of nitrogens with two attached hydrogens (primary N) is 1. The van der Waals surface area contributed by atoms with Gasteiger partial charge in [0.15, 0.2) is 0 Å². The number of carbonyl (C=O) groups excluding carboxylic acids is 2. The minimum atomic E-state index is -0.608. The van der Waals surface area contributed by atoms with Crippen molar-refractivity contribution < 1.29 is 9.59 Å². The molecular weight excluding hydrogens is 384 g/mol. The van der Waals surface area contributed by atoms with E-state index in [0.717, 1.165) is 10.4 Å². The molecule has 2 aromatic heterocycles. The van der Waals surface area contributed by atoms with Gasteiger partial charge in [-0.3, -0.25) is 14.6 Å². The number of rotatable bonds is 7. The summed E-state index contributed by atoms with van der Waals surface area (Å²) in [4.78, 5) is 29.8. The number of nitrogens with one attached hydrogen (secondary N) is 2. The molecule has 0 fully saturated rings. The summed E-state index contributed by atoms with van der Waals surface area (Å²) < 4.78 is 0. The van der Waals surface area contributed by atoms with Gasteiger partial charge >= 0.3 is 0 Å². The van der Waals surface area contributed by atoms with Gasteiger partial charge in [0, 0.05) is 41.1 Å². The first-order valence-corrected chi connectivity index (χ1v) is 10.1. The molecule has 1 atom stereocenters. The van der Waals surface area contributed by atoms with Crippen molar-refractivity contribution in [3.05, 3.63) is 82.3 Å². The zero-order valence-corrected chi connectivity index (χ0v) is 17.2. The van der Waals surface area contributed by atoms with Gasteiger partial charge in [-0.2, -0.15) is 0 Å². The Morgan fingerprint density at radius 1 is 1.10 bits per heavy atom. The molecule has 29 heavy (non-hydrogen) atoms. The Labute approximate surface area is 174 Å². The predicted molar refractivity (Wildman–Crippen MR) is 116 cm³/mol. The van der Waals surface area contributed by atoms with E-state index in [1.54, 1.807) is 48.0 Å². The molecule has 0 saturated heterocycles. The minimum Gasteiger partial charge on any atom is -0.353 e. The summed E-state index contributed by atoms with van der Waals surface area (Å²) in [6.45, 7) is 4.11. The highest BCUT2D eigenvalue weighted by Gasteiger charge is 2.30. The molecule has 0 aliphatic carbocycles. The predicted octanol–water partition coefficient (Wildman–Crippen LogP) is 3.49. The number of hydrogen-bond donors (Lipinski definition) is 3. The molecule has 2 heterocycles. The maximum Gasteiger partial charge on any atom is 0.255 e. The molecule has 1 aromatic carbocycles. The topological polar surface area (TPSA) is 97.1 Å². The zero-order chi connectivity index (χ0) is 20.9. The first kappa shape index (κ1) is 20.7. The molecule has 150 valence electrons. The first-order valence-electron chi connectivity index (χ1n) is 9.27. The second kappa shape index (κ2) is 8.98. The first-order chi connectivity index (χ1) is 13.9. The van der Waals surface area contributed by atoms with Crippen LogP contribution in [0.15, 0.2) is 66.3 Å². The molecule has 4 N–H and O–H groups in total. The van der Waals surface area contributed by atoms with Gasteiger partial charge in [-0.1, -0.05) is 18.2 Å². The summed E-state index contributed by atoms with van der Waals surface area (Å²) >= 11 is 1.56. The van der Waals surface area contributed by atoms with E-state index in [0.29, 0.717) is 17.8 Å². The summed E-state index contributed by atoms with van der Waals surface area (Å²) in [7, 11) is 0. The second-order valence-electron chi connectivity index (χ2n) is 7.23. The number of benzene rings is 1. The van der Waals surface area contributed by atoms with Gasteiger partial charge in [-0.25, -0.2) is 0 Å². The molecule has 0 spiro atoms. The Balaban J connectivity index is 1.57. The molecule has 7 heteroatoms. The summed E-state index contributed by atoms with van der Waals surface area (Å²) in [5.74, 6) is -0.272. The van der Waals surface area contributed by atoms with E-state index in [1.165, 1.54) is 0 Å². The van der Waals surface area contributed by atoms with E-state index < -0.39 is 5.41 Å². The van der Waals surface area contributed by atoms with Gasteiger partial charge in [0.1, 0.15) is 0 Å².